The summed E-state index contributed by atoms with van der Waals surface area (Å²) in [6.45, 7) is 1.91. The van der Waals surface area contributed by atoms with E-state index in [9.17, 15) is 9.59 Å². The Bertz CT molecular complexity index is 538. The van der Waals surface area contributed by atoms with Crippen LogP contribution in [0.1, 0.15) is 24.8 Å². The fraction of sp³-hybridized carbons (Fsp3) is 0.500. The molecule has 1 aromatic rings. The zero-order chi connectivity index (χ0) is 13.9. The van der Waals surface area contributed by atoms with Crippen molar-refractivity contribution in [1.29, 1.82) is 0 Å². The van der Waals surface area contributed by atoms with E-state index in [0.29, 0.717) is 31.1 Å². The molecule has 1 N–H and O–H groups in total. The third-order valence-corrected chi connectivity index (χ3v) is 3.67. The zero-order valence-electron chi connectivity index (χ0n) is 11.2. The van der Waals surface area contributed by atoms with Gasteiger partial charge in [0.25, 0.3) is 0 Å². The van der Waals surface area contributed by atoms with Gasteiger partial charge in [0.2, 0.25) is 0 Å². The van der Waals surface area contributed by atoms with Crippen LogP contribution in [0.15, 0.2) is 12.4 Å². The van der Waals surface area contributed by atoms with Crippen molar-refractivity contribution in [3.8, 4) is 5.75 Å². The number of nitrogens with zero attached hydrogens (tertiary/aromatic N) is 2. The van der Waals surface area contributed by atoms with Crippen LogP contribution in [-0.2, 0) is 16.0 Å². The van der Waals surface area contributed by atoms with Gasteiger partial charge in [-0.05, 0) is 19.3 Å². The normalized spacial score (nSPS) is 17.3. The largest absolute Gasteiger partial charge is 0.491 e. The van der Waals surface area contributed by atoms with E-state index >= 15 is 0 Å². The molecule has 1 fully saturated rings. The summed E-state index contributed by atoms with van der Waals surface area (Å²) in [5.41, 5.74) is 1.45. The lowest BCUT2D eigenvalue weighted by Crippen LogP contribution is -2.42. The Hall–Kier alpha value is -2.11. The SMILES string of the molecule is O=C(Nc1cncc2c1OCC2)C(=O)N1CCCCC1. The molecule has 0 radical (unpaired) electrons. The molecular weight excluding hydrogens is 258 g/mol. The molecule has 1 saturated heterocycles. The summed E-state index contributed by atoms with van der Waals surface area (Å²) >= 11 is 0. The smallest absolute Gasteiger partial charge is 0.314 e. The van der Waals surface area contributed by atoms with Gasteiger partial charge in [-0.15, -0.1) is 0 Å². The Kier molecular flexibility index (Phi) is 3.54. The standard InChI is InChI=1S/C14H17N3O3/c18-13(14(19)17-5-2-1-3-6-17)16-11-9-15-8-10-4-7-20-12(10)11/h8-9H,1-7H2,(H,16,18). The van der Waals surface area contributed by atoms with Gasteiger partial charge in [-0.25, -0.2) is 0 Å². The Morgan fingerprint density at radius 2 is 2.00 bits per heavy atom. The number of piperidine rings is 1. The van der Waals surface area contributed by atoms with Gasteiger partial charge in [0.1, 0.15) is 11.4 Å². The quantitative estimate of drug-likeness (QED) is 0.775. The molecule has 0 atom stereocenters. The number of ether oxygens (including phenoxy) is 1. The summed E-state index contributed by atoms with van der Waals surface area (Å²) in [5.74, 6) is -0.447. The van der Waals surface area contributed by atoms with E-state index in [1.165, 1.54) is 6.20 Å². The number of hydrogen-bond acceptors (Lipinski definition) is 4. The molecule has 106 valence electrons. The van der Waals surface area contributed by atoms with Crippen molar-refractivity contribution in [2.45, 2.75) is 25.7 Å². The molecule has 0 bridgehead atoms. The number of carbonyl (C=O) groups is 2. The second-order valence-electron chi connectivity index (χ2n) is 5.08. The third kappa shape index (κ3) is 2.45. The van der Waals surface area contributed by atoms with E-state index in [0.717, 1.165) is 31.2 Å². The maximum Gasteiger partial charge on any atom is 0.314 e. The lowest BCUT2D eigenvalue weighted by atomic mass is 10.1. The van der Waals surface area contributed by atoms with Crippen LogP contribution >= 0.6 is 0 Å². The first-order valence-corrected chi connectivity index (χ1v) is 6.95. The highest BCUT2D eigenvalue weighted by Gasteiger charge is 2.25. The minimum atomic E-state index is -0.613. The molecule has 3 heterocycles. The summed E-state index contributed by atoms with van der Waals surface area (Å²) in [4.78, 5) is 29.8. The van der Waals surface area contributed by atoms with Crippen molar-refractivity contribution in [1.82, 2.24) is 9.88 Å². The van der Waals surface area contributed by atoms with Crippen molar-refractivity contribution in [3.63, 3.8) is 0 Å². The third-order valence-electron chi connectivity index (χ3n) is 3.67. The van der Waals surface area contributed by atoms with Gasteiger partial charge >= 0.3 is 11.8 Å². The van der Waals surface area contributed by atoms with Crippen molar-refractivity contribution < 1.29 is 14.3 Å². The number of carbonyl (C=O) groups excluding carboxylic acids is 2. The molecule has 0 saturated carbocycles. The van der Waals surface area contributed by atoms with E-state index < -0.39 is 11.8 Å². The van der Waals surface area contributed by atoms with Crippen LogP contribution in [0.2, 0.25) is 0 Å². The van der Waals surface area contributed by atoms with Crippen molar-refractivity contribution in [2.24, 2.45) is 0 Å². The Morgan fingerprint density at radius 3 is 2.80 bits per heavy atom. The van der Waals surface area contributed by atoms with Gasteiger partial charge in [0.05, 0.1) is 12.8 Å². The first-order valence-electron chi connectivity index (χ1n) is 6.95. The number of pyridine rings is 1. The molecule has 3 rings (SSSR count). The molecule has 2 amide bonds. The van der Waals surface area contributed by atoms with Crippen LogP contribution in [0.4, 0.5) is 5.69 Å². The highest BCUT2D eigenvalue weighted by atomic mass is 16.5. The number of aromatic nitrogens is 1. The molecular formula is C14H17N3O3. The first kappa shape index (κ1) is 12.9. The first-order chi connectivity index (χ1) is 9.75. The Balaban J connectivity index is 1.70. The molecule has 2 aliphatic heterocycles. The molecule has 20 heavy (non-hydrogen) atoms. The molecule has 0 aliphatic carbocycles. The highest BCUT2D eigenvalue weighted by molar-refractivity contribution is 6.39. The van der Waals surface area contributed by atoms with Gasteiger partial charge in [-0.2, -0.15) is 0 Å². The van der Waals surface area contributed by atoms with E-state index in [2.05, 4.69) is 10.3 Å². The van der Waals surface area contributed by atoms with Crippen LogP contribution in [0.25, 0.3) is 0 Å². The number of likely N-dealkylation sites (tertiary alicyclic amines) is 1. The van der Waals surface area contributed by atoms with E-state index in [4.69, 9.17) is 4.74 Å². The zero-order valence-corrected chi connectivity index (χ0v) is 11.2. The lowest BCUT2D eigenvalue weighted by Gasteiger charge is -2.25. The number of rotatable bonds is 1. The molecule has 6 nitrogen and oxygen atoms in total. The summed E-state index contributed by atoms with van der Waals surface area (Å²) in [6.07, 6.45) is 7.08. The summed E-state index contributed by atoms with van der Waals surface area (Å²) in [7, 11) is 0. The molecule has 1 aromatic heterocycles. The van der Waals surface area contributed by atoms with Crippen LogP contribution < -0.4 is 10.1 Å². The minimum Gasteiger partial charge on any atom is -0.491 e. The van der Waals surface area contributed by atoms with Gasteiger partial charge in [-0.3, -0.25) is 14.6 Å². The van der Waals surface area contributed by atoms with Gasteiger partial charge in [0, 0.05) is 31.3 Å². The molecule has 0 spiro atoms. The van der Waals surface area contributed by atoms with Crippen LogP contribution in [0, 0.1) is 0 Å². The van der Waals surface area contributed by atoms with Crippen molar-refractivity contribution >= 4 is 17.5 Å². The van der Waals surface area contributed by atoms with Crippen LogP contribution in [-0.4, -0.2) is 41.4 Å². The monoisotopic (exact) mass is 275 g/mol. The average Bonchev–Trinajstić information content (AvgIpc) is 2.97. The summed E-state index contributed by atoms with van der Waals surface area (Å²) in [6, 6.07) is 0. The summed E-state index contributed by atoms with van der Waals surface area (Å²) < 4.78 is 5.48. The Labute approximate surface area is 117 Å². The number of amides is 2. The van der Waals surface area contributed by atoms with Gasteiger partial charge < -0.3 is 15.0 Å². The molecule has 0 unspecified atom stereocenters. The number of fused-ring (bicyclic) bond motifs is 1. The second kappa shape index (κ2) is 5.48. The maximum atomic E-state index is 12.1. The predicted molar refractivity (Wildman–Crippen MR) is 72.5 cm³/mol. The minimum absolute atomic E-state index is 0.472. The van der Waals surface area contributed by atoms with E-state index in [1.807, 2.05) is 0 Å². The average molecular weight is 275 g/mol. The topological polar surface area (TPSA) is 71.5 Å². The fourth-order valence-electron chi connectivity index (χ4n) is 2.61. The second-order valence-corrected chi connectivity index (χ2v) is 5.08. The number of nitrogens with one attached hydrogen (secondary N) is 1. The number of hydrogen-bond donors (Lipinski definition) is 1. The predicted octanol–water partition coefficient (Wildman–Crippen LogP) is 0.967. The fourth-order valence-corrected chi connectivity index (χ4v) is 2.61. The molecule has 2 aliphatic rings. The van der Waals surface area contributed by atoms with Crippen molar-refractivity contribution in [3.05, 3.63) is 18.0 Å². The van der Waals surface area contributed by atoms with Crippen LogP contribution in [0.5, 0.6) is 5.75 Å². The van der Waals surface area contributed by atoms with E-state index in [-0.39, 0.29) is 0 Å². The van der Waals surface area contributed by atoms with E-state index in [1.54, 1.807) is 11.1 Å². The number of anilines is 1. The molecule has 6 heteroatoms. The van der Waals surface area contributed by atoms with Crippen LogP contribution in [0.3, 0.4) is 0 Å². The van der Waals surface area contributed by atoms with Crippen molar-refractivity contribution in [2.75, 3.05) is 25.0 Å². The summed E-state index contributed by atoms with van der Waals surface area (Å²) in [5, 5.41) is 2.62. The molecule has 0 aromatic carbocycles. The van der Waals surface area contributed by atoms with Gasteiger partial charge in [-0.1, -0.05) is 0 Å². The Morgan fingerprint density at radius 1 is 1.20 bits per heavy atom. The lowest BCUT2D eigenvalue weighted by molar-refractivity contribution is -0.143. The highest BCUT2D eigenvalue weighted by Crippen LogP contribution is 2.32. The van der Waals surface area contributed by atoms with Gasteiger partial charge in [0.15, 0.2) is 0 Å². The maximum absolute atomic E-state index is 12.1.